The molecule has 0 aromatic carbocycles. The number of rotatable bonds is 3. The quantitative estimate of drug-likeness (QED) is 0.891. The number of nitrogens with one attached hydrogen (secondary N) is 1. The Hall–Kier alpha value is -2.28. The topological polar surface area (TPSA) is 81.9 Å². The third-order valence-electron chi connectivity index (χ3n) is 4.23. The van der Waals surface area contributed by atoms with Gasteiger partial charge in [-0.15, -0.1) is 10.2 Å². The zero-order chi connectivity index (χ0) is 14.2. The van der Waals surface area contributed by atoms with Gasteiger partial charge < -0.3 is 10.1 Å². The molecule has 3 atom stereocenters. The molecule has 0 bridgehead atoms. The van der Waals surface area contributed by atoms with Crippen LogP contribution in [-0.4, -0.2) is 44.4 Å². The molecule has 2 aromatic heterocycles. The lowest BCUT2D eigenvalue weighted by molar-refractivity contribution is 0.00802. The van der Waals surface area contributed by atoms with Gasteiger partial charge in [-0.05, 0) is 25.0 Å². The molecule has 0 radical (unpaired) electrons. The standard InChI is InChI=1S/C14H15N5O2/c20-14(18-11-6-12-9(11)4-5-21-12)10-2-1-3-13(17-10)19-7-15-16-8-19/h1-3,7-9,11-12H,4-6H2,(H,18,20)/t9-,11+,12+/m1/s1. The van der Waals surface area contributed by atoms with Gasteiger partial charge in [-0.3, -0.25) is 9.36 Å². The van der Waals surface area contributed by atoms with Gasteiger partial charge in [0.1, 0.15) is 24.2 Å². The molecule has 1 saturated heterocycles. The van der Waals surface area contributed by atoms with Crippen LogP contribution in [0.1, 0.15) is 23.3 Å². The lowest BCUT2D eigenvalue weighted by atomic mass is 9.76. The zero-order valence-corrected chi connectivity index (χ0v) is 11.3. The fourth-order valence-corrected chi connectivity index (χ4v) is 3.02. The Morgan fingerprint density at radius 1 is 1.33 bits per heavy atom. The summed E-state index contributed by atoms with van der Waals surface area (Å²) in [4.78, 5) is 16.7. The van der Waals surface area contributed by atoms with Crippen molar-refractivity contribution in [3.8, 4) is 5.82 Å². The summed E-state index contributed by atoms with van der Waals surface area (Å²) in [5.41, 5.74) is 0.406. The highest BCUT2D eigenvalue weighted by atomic mass is 16.5. The first kappa shape index (κ1) is 12.5. The van der Waals surface area contributed by atoms with Gasteiger partial charge >= 0.3 is 0 Å². The van der Waals surface area contributed by atoms with Gasteiger partial charge in [0.15, 0.2) is 0 Å². The number of carbonyl (C=O) groups is 1. The summed E-state index contributed by atoms with van der Waals surface area (Å²) in [5.74, 6) is 0.957. The van der Waals surface area contributed by atoms with E-state index in [2.05, 4.69) is 20.5 Å². The number of hydrogen-bond donors (Lipinski definition) is 1. The monoisotopic (exact) mass is 285 g/mol. The van der Waals surface area contributed by atoms with E-state index in [4.69, 9.17) is 4.74 Å². The van der Waals surface area contributed by atoms with Gasteiger partial charge in [-0.1, -0.05) is 6.07 Å². The third-order valence-corrected chi connectivity index (χ3v) is 4.23. The number of nitrogens with zero attached hydrogens (tertiary/aromatic N) is 4. The zero-order valence-electron chi connectivity index (χ0n) is 11.3. The summed E-state index contributed by atoms with van der Waals surface area (Å²) in [6.07, 6.45) is 5.38. The Morgan fingerprint density at radius 3 is 3.00 bits per heavy atom. The van der Waals surface area contributed by atoms with Crippen LogP contribution >= 0.6 is 0 Å². The van der Waals surface area contributed by atoms with E-state index in [1.807, 2.05) is 6.07 Å². The van der Waals surface area contributed by atoms with E-state index in [0.29, 0.717) is 23.5 Å². The van der Waals surface area contributed by atoms with E-state index >= 15 is 0 Å². The lowest BCUT2D eigenvalue weighted by Crippen LogP contribution is -2.53. The molecular weight excluding hydrogens is 270 g/mol. The molecule has 21 heavy (non-hydrogen) atoms. The van der Waals surface area contributed by atoms with Crippen LogP contribution in [0.3, 0.4) is 0 Å². The number of amides is 1. The van der Waals surface area contributed by atoms with Crippen molar-refractivity contribution in [2.75, 3.05) is 6.61 Å². The third kappa shape index (κ3) is 2.19. The predicted octanol–water partition coefficient (Wildman–Crippen LogP) is 0.569. The highest BCUT2D eigenvalue weighted by Gasteiger charge is 2.45. The van der Waals surface area contributed by atoms with Crippen molar-refractivity contribution in [1.29, 1.82) is 0 Å². The minimum absolute atomic E-state index is 0.139. The van der Waals surface area contributed by atoms with Crippen LogP contribution in [0.15, 0.2) is 30.9 Å². The van der Waals surface area contributed by atoms with E-state index in [-0.39, 0.29) is 11.9 Å². The van der Waals surface area contributed by atoms with Crippen molar-refractivity contribution in [2.45, 2.75) is 25.0 Å². The van der Waals surface area contributed by atoms with Crippen molar-refractivity contribution in [3.63, 3.8) is 0 Å². The number of pyridine rings is 1. The Labute approximate surface area is 121 Å². The van der Waals surface area contributed by atoms with E-state index in [1.165, 1.54) is 0 Å². The highest BCUT2D eigenvalue weighted by molar-refractivity contribution is 5.92. The Morgan fingerprint density at radius 2 is 2.19 bits per heavy atom. The van der Waals surface area contributed by atoms with Crippen molar-refractivity contribution < 1.29 is 9.53 Å². The molecule has 0 unspecified atom stereocenters. The maximum Gasteiger partial charge on any atom is 0.270 e. The van der Waals surface area contributed by atoms with Gasteiger partial charge in [0.05, 0.1) is 6.10 Å². The number of fused-ring (bicyclic) bond motifs is 1. The minimum atomic E-state index is -0.139. The van der Waals surface area contributed by atoms with Crippen LogP contribution in [0.25, 0.3) is 5.82 Å². The maximum absolute atomic E-state index is 12.3. The van der Waals surface area contributed by atoms with Crippen molar-refractivity contribution in [2.24, 2.45) is 5.92 Å². The molecule has 4 rings (SSSR count). The fraction of sp³-hybridized carbons (Fsp3) is 0.429. The first-order chi connectivity index (χ1) is 10.3. The summed E-state index contributed by atoms with van der Waals surface area (Å²) in [7, 11) is 0. The molecule has 1 amide bonds. The minimum Gasteiger partial charge on any atom is -0.378 e. The van der Waals surface area contributed by atoms with Crippen LogP contribution in [0.4, 0.5) is 0 Å². The van der Waals surface area contributed by atoms with Crippen molar-refractivity contribution in [1.82, 2.24) is 25.1 Å². The average molecular weight is 285 g/mol. The molecule has 108 valence electrons. The molecule has 7 nitrogen and oxygen atoms in total. The van der Waals surface area contributed by atoms with E-state index in [0.717, 1.165) is 19.4 Å². The van der Waals surface area contributed by atoms with Crippen LogP contribution < -0.4 is 5.32 Å². The summed E-state index contributed by atoms with van der Waals surface area (Å²) in [5, 5.41) is 10.5. The van der Waals surface area contributed by atoms with Crippen LogP contribution in [0.5, 0.6) is 0 Å². The highest BCUT2D eigenvalue weighted by Crippen LogP contribution is 2.38. The largest absolute Gasteiger partial charge is 0.378 e. The molecule has 1 saturated carbocycles. The maximum atomic E-state index is 12.3. The lowest BCUT2D eigenvalue weighted by Gasteiger charge is -2.39. The Balaban J connectivity index is 1.48. The predicted molar refractivity (Wildman–Crippen MR) is 72.9 cm³/mol. The Bertz CT molecular complexity index is 657. The summed E-state index contributed by atoms with van der Waals surface area (Å²) in [6.45, 7) is 0.809. The molecule has 3 heterocycles. The van der Waals surface area contributed by atoms with Gasteiger partial charge in [-0.25, -0.2) is 4.98 Å². The molecule has 0 spiro atoms. The second-order valence-electron chi connectivity index (χ2n) is 5.43. The van der Waals surface area contributed by atoms with Crippen LogP contribution in [0, 0.1) is 5.92 Å². The second-order valence-corrected chi connectivity index (χ2v) is 5.43. The van der Waals surface area contributed by atoms with E-state index in [1.54, 1.807) is 29.4 Å². The number of ether oxygens (including phenoxy) is 1. The molecular formula is C14H15N5O2. The summed E-state index contributed by atoms with van der Waals surface area (Å²) >= 11 is 0. The molecule has 2 fully saturated rings. The van der Waals surface area contributed by atoms with Gasteiger partial charge in [0, 0.05) is 18.6 Å². The Kier molecular flexibility index (Phi) is 2.92. The number of hydrogen-bond acceptors (Lipinski definition) is 5. The van der Waals surface area contributed by atoms with Gasteiger partial charge in [0.25, 0.3) is 5.91 Å². The van der Waals surface area contributed by atoms with Crippen LogP contribution in [0.2, 0.25) is 0 Å². The molecule has 1 N–H and O–H groups in total. The van der Waals surface area contributed by atoms with E-state index < -0.39 is 0 Å². The first-order valence-corrected chi connectivity index (χ1v) is 7.06. The van der Waals surface area contributed by atoms with Gasteiger partial charge in [0.2, 0.25) is 0 Å². The summed E-state index contributed by atoms with van der Waals surface area (Å²) < 4.78 is 7.22. The van der Waals surface area contributed by atoms with Crippen molar-refractivity contribution in [3.05, 3.63) is 36.5 Å². The van der Waals surface area contributed by atoms with Crippen molar-refractivity contribution >= 4 is 5.91 Å². The van der Waals surface area contributed by atoms with Crippen LogP contribution in [-0.2, 0) is 4.74 Å². The average Bonchev–Trinajstić information content (AvgIpc) is 3.14. The normalized spacial score (nSPS) is 27.0. The SMILES string of the molecule is O=C(N[C@H]1C[C@@H]2OCC[C@H]12)c1cccc(-n2cnnc2)n1. The molecule has 1 aliphatic carbocycles. The molecule has 7 heteroatoms. The van der Waals surface area contributed by atoms with Gasteiger partial charge in [-0.2, -0.15) is 0 Å². The second kappa shape index (κ2) is 4.92. The number of carbonyl (C=O) groups excluding carboxylic acids is 1. The molecule has 1 aliphatic heterocycles. The molecule has 2 aliphatic rings. The molecule has 2 aromatic rings. The number of aromatic nitrogens is 4. The first-order valence-electron chi connectivity index (χ1n) is 7.06. The van der Waals surface area contributed by atoms with E-state index in [9.17, 15) is 4.79 Å². The fourth-order valence-electron chi connectivity index (χ4n) is 3.02. The smallest absolute Gasteiger partial charge is 0.270 e. The summed E-state index contributed by atoms with van der Waals surface area (Å²) in [6, 6.07) is 5.54.